The highest BCUT2D eigenvalue weighted by Crippen LogP contribution is 2.32. The lowest BCUT2D eigenvalue weighted by Gasteiger charge is -2.33. The number of thiazole rings is 1. The van der Waals surface area contributed by atoms with Gasteiger partial charge < -0.3 is 10.2 Å². The van der Waals surface area contributed by atoms with Crippen LogP contribution < -0.4 is 25.1 Å². The van der Waals surface area contributed by atoms with Crippen LogP contribution in [-0.2, 0) is 4.79 Å². The van der Waals surface area contributed by atoms with E-state index in [0.29, 0.717) is 48.4 Å². The molecule has 224 valence electrons. The summed E-state index contributed by atoms with van der Waals surface area (Å²) in [7, 11) is 0. The molecule has 44 heavy (non-hydrogen) atoms. The van der Waals surface area contributed by atoms with Gasteiger partial charge in [-0.05, 0) is 67.7 Å². The Morgan fingerprint density at radius 3 is 2.48 bits per heavy atom. The lowest BCUT2D eigenvalue weighted by molar-refractivity contribution is -0.384. The average Bonchev–Trinajstić information content (AvgIpc) is 3.31. The van der Waals surface area contributed by atoms with Crippen molar-refractivity contribution in [3.63, 3.8) is 0 Å². The van der Waals surface area contributed by atoms with Gasteiger partial charge in [0, 0.05) is 47.2 Å². The van der Waals surface area contributed by atoms with Crippen LogP contribution in [-0.4, -0.2) is 28.5 Å². The number of benzene rings is 3. The van der Waals surface area contributed by atoms with Crippen molar-refractivity contribution in [2.75, 3.05) is 23.3 Å². The maximum Gasteiger partial charge on any atom is 0.271 e. The molecule has 0 spiro atoms. The molecule has 2 aliphatic rings. The quantitative estimate of drug-likeness (QED) is 0.219. The van der Waals surface area contributed by atoms with Gasteiger partial charge >= 0.3 is 0 Å². The van der Waals surface area contributed by atoms with Gasteiger partial charge in [-0.25, -0.2) is 4.99 Å². The molecule has 0 saturated carbocycles. The van der Waals surface area contributed by atoms with Crippen molar-refractivity contribution < 1.29 is 9.72 Å². The molecule has 1 saturated heterocycles. The first-order valence-electron chi connectivity index (χ1n) is 14.4. The molecule has 0 radical (unpaired) electrons. The molecule has 1 amide bonds. The highest BCUT2D eigenvalue weighted by Gasteiger charge is 2.32. The van der Waals surface area contributed by atoms with E-state index in [9.17, 15) is 19.7 Å². The van der Waals surface area contributed by atoms with Crippen LogP contribution in [0, 0.1) is 16.0 Å². The number of non-ortho nitro benzene ring substituents is 1. The molecule has 1 fully saturated rings. The standard InChI is InChI=1S/C33H30ClN5O4S/c1-20-14-16-37(17-15-20)27-13-12-26(39(42)43)18-23(27)19-28-32(41)38-30(22-8-10-24(34)11-9-22)29(21(2)35-33(38)44-28)31(40)36-25-6-4-3-5-7-25/h3-13,18-20,30H,14-17H2,1-2H3,(H,36,40)/b28-19+/t30-/m1/s1. The minimum Gasteiger partial charge on any atom is -0.371 e. The summed E-state index contributed by atoms with van der Waals surface area (Å²) >= 11 is 7.40. The van der Waals surface area contributed by atoms with E-state index in [-0.39, 0.29) is 17.2 Å². The minimum atomic E-state index is -0.762. The molecule has 3 aromatic carbocycles. The number of nitro groups is 1. The van der Waals surface area contributed by atoms with Crippen molar-refractivity contribution in [3.05, 3.63) is 130 Å². The third-order valence-electron chi connectivity index (χ3n) is 8.12. The van der Waals surface area contributed by atoms with Gasteiger partial charge in [0.25, 0.3) is 17.2 Å². The highest BCUT2D eigenvalue weighted by molar-refractivity contribution is 7.07. The molecular formula is C33H30ClN5O4S. The van der Waals surface area contributed by atoms with Crippen molar-refractivity contribution in [1.82, 2.24) is 4.57 Å². The Labute approximate surface area is 262 Å². The SMILES string of the molecule is CC1=C(C(=O)Nc2ccccc2)[C@@H](c2ccc(Cl)cc2)n2c(s/c(=C/c3cc([N+](=O)[O-])ccc3N3CCC(C)CC3)c2=O)=N1. The van der Waals surface area contributed by atoms with E-state index in [1.807, 2.05) is 18.2 Å². The molecule has 1 N–H and O–H groups in total. The molecule has 2 aliphatic heterocycles. The number of nitrogens with one attached hydrogen (secondary N) is 1. The smallest absolute Gasteiger partial charge is 0.271 e. The summed E-state index contributed by atoms with van der Waals surface area (Å²) < 4.78 is 1.90. The van der Waals surface area contributed by atoms with Crippen LogP contribution in [0.4, 0.5) is 17.1 Å². The Morgan fingerprint density at radius 1 is 1.09 bits per heavy atom. The van der Waals surface area contributed by atoms with Gasteiger partial charge in [0.2, 0.25) is 0 Å². The summed E-state index contributed by atoms with van der Waals surface area (Å²) in [5.41, 5.74) is 3.21. The molecule has 1 atom stereocenters. The number of piperidine rings is 1. The number of allylic oxidation sites excluding steroid dienone is 1. The normalized spacial score (nSPS) is 17.3. The van der Waals surface area contributed by atoms with Crippen LogP contribution in [0.25, 0.3) is 6.08 Å². The van der Waals surface area contributed by atoms with Crippen molar-refractivity contribution in [2.24, 2.45) is 10.9 Å². The first kappa shape index (κ1) is 29.5. The van der Waals surface area contributed by atoms with E-state index in [2.05, 4.69) is 17.1 Å². The number of carbonyl (C=O) groups is 1. The summed E-state index contributed by atoms with van der Waals surface area (Å²) in [5, 5.41) is 15.2. The zero-order chi connectivity index (χ0) is 31.0. The molecule has 11 heteroatoms. The average molecular weight is 628 g/mol. The first-order chi connectivity index (χ1) is 21.2. The summed E-state index contributed by atoms with van der Waals surface area (Å²) in [6.07, 6.45) is 3.76. The molecule has 0 unspecified atom stereocenters. The molecule has 0 bridgehead atoms. The van der Waals surface area contributed by atoms with E-state index < -0.39 is 11.0 Å². The second-order valence-corrected chi connectivity index (χ2v) is 12.6. The highest BCUT2D eigenvalue weighted by atomic mass is 35.5. The summed E-state index contributed by atoms with van der Waals surface area (Å²) in [5.74, 6) is 0.243. The Morgan fingerprint density at radius 2 is 1.80 bits per heavy atom. The number of rotatable bonds is 6. The van der Waals surface area contributed by atoms with Gasteiger partial charge in [0.15, 0.2) is 4.80 Å². The summed E-state index contributed by atoms with van der Waals surface area (Å²) in [6.45, 7) is 5.64. The molecule has 1 aromatic heterocycles. The van der Waals surface area contributed by atoms with Crippen molar-refractivity contribution >= 4 is 52.0 Å². The molecule has 3 heterocycles. The van der Waals surface area contributed by atoms with Crippen LogP contribution in [0.3, 0.4) is 0 Å². The number of amides is 1. The van der Waals surface area contributed by atoms with Crippen LogP contribution >= 0.6 is 22.9 Å². The molecule has 4 aromatic rings. The van der Waals surface area contributed by atoms with Gasteiger partial charge in [0.05, 0.1) is 26.8 Å². The Kier molecular flexibility index (Phi) is 8.20. The van der Waals surface area contributed by atoms with Gasteiger partial charge in [-0.1, -0.05) is 60.2 Å². The fraction of sp³-hybridized carbons (Fsp3) is 0.242. The lowest BCUT2D eigenvalue weighted by Crippen LogP contribution is -2.40. The largest absolute Gasteiger partial charge is 0.371 e. The van der Waals surface area contributed by atoms with Crippen LogP contribution in [0.1, 0.15) is 43.9 Å². The van der Waals surface area contributed by atoms with E-state index in [1.165, 1.54) is 28.0 Å². The third kappa shape index (κ3) is 5.82. The lowest BCUT2D eigenvalue weighted by atomic mass is 9.95. The van der Waals surface area contributed by atoms with Crippen LogP contribution in [0.2, 0.25) is 5.02 Å². The topological polar surface area (TPSA) is 110 Å². The minimum absolute atomic E-state index is 0.0482. The van der Waals surface area contributed by atoms with E-state index in [1.54, 1.807) is 55.5 Å². The summed E-state index contributed by atoms with van der Waals surface area (Å²) in [4.78, 5) is 46.6. The predicted octanol–water partition coefficient (Wildman–Crippen LogP) is 5.67. The third-order valence-corrected chi connectivity index (χ3v) is 9.35. The van der Waals surface area contributed by atoms with Crippen LogP contribution in [0.15, 0.2) is 93.9 Å². The number of anilines is 2. The maximum atomic E-state index is 14.2. The van der Waals surface area contributed by atoms with Crippen LogP contribution in [0.5, 0.6) is 0 Å². The first-order valence-corrected chi connectivity index (χ1v) is 15.6. The summed E-state index contributed by atoms with van der Waals surface area (Å²) in [6, 6.07) is 20.2. The fourth-order valence-corrected chi connectivity index (χ4v) is 6.91. The van der Waals surface area contributed by atoms with Gasteiger partial charge in [-0.15, -0.1) is 0 Å². The Hall–Kier alpha value is -4.54. The second-order valence-electron chi connectivity index (χ2n) is 11.1. The molecule has 6 rings (SSSR count). The van der Waals surface area contributed by atoms with Crippen molar-refractivity contribution in [3.8, 4) is 0 Å². The maximum absolute atomic E-state index is 14.2. The second kappa shape index (κ2) is 12.2. The number of para-hydroxylation sites is 1. The number of aromatic nitrogens is 1. The molecule has 0 aliphatic carbocycles. The number of nitro benzene ring substituents is 1. The van der Waals surface area contributed by atoms with Crippen molar-refractivity contribution in [2.45, 2.75) is 32.7 Å². The Balaban J connectivity index is 1.50. The number of halogens is 1. The number of nitrogens with zero attached hydrogens (tertiary/aromatic N) is 4. The van der Waals surface area contributed by atoms with E-state index in [0.717, 1.165) is 31.6 Å². The molecule has 9 nitrogen and oxygen atoms in total. The number of hydrogen-bond donors (Lipinski definition) is 1. The zero-order valence-corrected chi connectivity index (χ0v) is 25.8. The number of hydrogen-bond acceptors (Lipinski definition) is 7. The van der Waals surface area contributed by atoms with Gasteiger partial charge in [-0.3, -0.25) is 24.3 Å². The molecular weight excluding hydrogens is 598 g/mol. The van der Waals surface area contributed by atoms with Gasteiger partial charge in [-0.2, -0.15) is 0 Å². The van der Waals surface area contributed by atoms with E-state index in [4.69, 9.17) is 16.6 Å². The monoisotopic (exact) mass is 627 g/mol. The Bertz CT molecular complexity index is 1960. The fourth-order valence-electron chi connectivity index (χ4n) is 5.74. The predicted molar refractivity (Wildman–Crippen MR) is 174 cm³/mol. The zero-order valence-electron chi connectivity index (χ0n) is 24.2. The van der Waals surface area contributed by atoms with Crippen molar-refractivity contribution in [1.29, 1.82) is 0 Å². The van der Waals surface area contributed by atoms with E-state index >= 15 is 0 Å². The number of fused-ring (bicyclic) bond motifs is 1. The number of carbonyl (C=O) groups excluding carboxylic acids is 1. The van der Waals surface area contributed by atoms with Gasteiger partial charge in [0.1, 0.15) is 0 Å².